The highest BCUT2D eigenvalue weighted by atomic mass is 16.3. The molecular weight excluding hydrogens is 204 g/mol. The van der Waals surface area contributed by atoms with Gasteiger partial charge in [0.05, 0.1) is 6.54 Å². The summed E-state index contributed by atoms with van der Waals surface area (Å²) >= 11 is 0. The standard InChI is InChI=1S/C12H24N2O2/c1-14(2)11(16)8-13-9-12(10-15)6-4-3-5-7-12/h13,15H,3-10H2,1-2H3. The second-order valence-electron chi connectivity index (χ2n) is 5.11. The maximum Gasteiger partial charge on any atom is 0.236 e. The molecule has 16 heavy (non-hydrogen) atoms. The van der Waals surface area contributed by atoms with E-state index >= 15 is 0 Å². The molecule has 0 spiro atoms. The first-order valence-electron chi connectivity index (χ1n) is 6.11. The van der Waals surface area contributed by atoms with Crippen LogP contribution in [-0.4, -0.2) is 49.7 Å². The highest BCUT2D eigenvalue weighted by molar-refractivity contribution is 5.77. The molecule has 1 saturated carbocycles. The summed E-state index contributed by atoms with van der Waals surface area (Å²) in [4.78, 5) is 13.0. The van der Waals surface area contributed by atoms with Crippen LogP contribution in [0.4, 0.5) is 0 Å². The number of aliphatic hydroxyl groups is 1. The Kier molecular flexibility index (Phi) is 5.22. The van der Waals surface area contributed by atoms with E-state index in [-0.39, 0.29) is 17.9 Å². The van der Waals surface area contributed by atoms with E-state index in [0.717, 1.165) is 19.4 Å². The van der Waals surface area contributed by atoms with E-state index < -0.39 is 0 Å². The Bertz CT molecular complexity index is 223. The molecule has 1 aliphatic carbocycles. The lowest BCUT2D eigenvalue weighted by molar-refractivity contribution is -0.127. The van der Waals surface area contributed by atoms with Gasteiger partial charge in [-0.1, -0.05) is 19.3 Å². The van der Waals surface area contributed by atoms with Crippen LogP contribution < -0.4 is 5.32 Å². The fourth-order valence-corrected chi connectivity index (χ4v) is 2.29. The Morgan fingerprint density at radius 1 is 1.31 bits per heavy atom. The van der Waals surface area contributed by atoms with Crippen molar-refractivity contribution in [2.24, 2.45) is 5.41 Å². The summed E-state index contributed by atoms with van der Waals surface area (Å²) < 4.78 is 0. The second kappa shape index (κ2) is 6.21. The van der Waals surface area contributed by atoms with Crippen LogP contribution in [0.1, 0.15) is 32.1 Å². The number of aliphatic hydroxyl groups excluding tert-OH is 1. The van der Waals surface area contributed by atoms with Crippen LogP contribution in [0.25, 0.3) is 0 Å². The smallest absolute Gasteiger partial charge is 0.236 e. The summed E-state index contributed by atoms with van der Waals surface area (Å²) in [5.41, 5.74) is 0.0187. The van der Waals surface area contributed by atoms with Gasteiger partial charge >= 0.3 is 0 Å². The summed E-state index contributed by atoms with van der Waals surface area (Å²) in [5.74, 6) is 0.0869. The molecule has 0 atom stereocenters. The van der Waals surface area contributed by atoms with Gasteiger partial charge in [-0.05, 0) is 12.8 Å². The number of carbonyl (C=O) groups excluding carboxylic acids is 1. The summed E-state index contributed by atoms with van der Waals surface area (Å²) in [7, 11) is 3.51. The van der Waals surface area contributed by atoms with Crippen LogP contribution >= 0.6 is 0 Å². The number of amides is 1. The lowest BCUT2D eigenvalue weighted by Gasteiger charge is -2.35. The molecule has 0 bridgehead atoms. The van der Waals surface area contributed by atoms with Crippen molar-refractivity contribution < 1.29 is 9.90 Å². The van der Waals surface area contributed by atoms with Crippen molar-refractivity contribution in [1.82, 2.24) is 10.2 Å². The number of likely N-dealkylation sites (N-methyl/N-ethyl adjacent to an activating group) is 1. The number of nitrogens with one attached hydrogen (secondary N) is 1. The van der Waals surface area contributed by atoms with Gasteiger partial charge in [-0.2, -0.15) is 0 Å². The van der Waals surface area contributed by atoms with E-state index in [4.69, 9.17) is 0 Å². The first-order valence-corrected chi connectivity index (χ1v) is 6.11. The van der Waals surface area contributed by atoms with E-state index in [1.54, 1.807) is 19.0 Å². The van der Waals surface area contributed by atoms with Gasteiger partial charge in [-0.3, -0.25) is 4.79 Å². The minimum atomic E-state index is 0.0187. The lowest BCUT2D eigenvalue weighted by atomic mass is 9.74. The number of hydrogen-bond acceptors (Lipinski definition) is 3. The van der Waals surface area contributed by atoms with Crippen LogP contribution in [0.15, 0.2) is 0 Å². The van der Waals surface area contributed by atoms with Crippen molar-refractivity contribution in [2.45, 2.75) is 32.1 Å². The monoisotopic (exact) mass is 228 g/mol. The van der Waals surface area contributed by atoms with Gasteiger partial charge in [-0.25, -0.2) is 0 Å². The van der Waals surface area contributed by atoms with Gasteiger partial charge in [-0.15, -0.1) is 0 Å². The van der Waals surface area contributed by atoms with E-state index in [2.05, 4.69) is 5.32 Å². The minimum Gasteiger partial charge on any atom is -0.396 e. The molecule has 1 amide bonds. The van der Waals surface area contributed by atoms with E-state index in [1.807, 2.05) is 0 Å². The van der Waals surface area contributed by atoms with Crippen LogP contribution in [0.5, 0.6) is 0 Å². The zero-order chi connectivity index (χ0) is 12.0. The Labute approximate surface area is 98.0 Å². The molecule has 0 radical (unpaired) electrons. The molecular formula is C12H24N2O2. The predicted molar refractivity (Wildman–Crippen MR) is 64.2 cm³/mol. The van der Waals surface area contributed by atoms with E-state index in [9.17, 15) is 9.90 Å². The Balaban J connectivity index is 2.31. The molecule has 0 aromatic carbocycles. The van der Waals surface area contributed by atoms with Crippen LogP contribution in [0.2, 0.25) is 0 Å². The third-order valence-electron chi connectivity index (χ3n) is 3.52. The largest absolute Gasteiger partial charge is 0.396 e. The molecule has 0 saturated heterocycles. The normalized spacial score (nSPS) is 19.4. The second-order valence-corrected chi connectivity index (χ2v) is 5.11. The quantitative estimate of drug-likeness (QED) is 0.725. The lowest BCUT2D eigenvalue weighted by Crippen LogP contribution is -2.42. The van der Waals surface area contributed by atoms with Crippen molar-refractivity contribution in [3.63, 3.8) is 0 Å². The molecule has 1 rings (SSSR count). The van der Waals surface area contributed by atoms with Gasteiger partial charge in [0, 0.05) is 32.7 Å². The Hall–Kier alpha value is -0.610. The average molecular weight is 228 g/mol. The Morgan fingerprint density at radius 2 is 1.94 bits per heavy atom. The molecule has 0 aliphatic heterocycles. The fourth-order valence-electron chi connectivity index (χ4n) is 2.29. The van der Waals surface area contributed by atoms with Crippen molar-refractivity contribution >= 4 is 5.91 Å². The van der Waals surface area contributed by atoms with Gasteiger partial charge in [0.15, 0.2) is 0 Å². The molecule has 0 unspecified atom stereocenters. The SMILES string of the molecule is CN(C)C(=O)CNCC1(CO)CCCCC1. The fraction of sp³-hybridized carbons (Fsp3) is 0.917. The average Bonchev–Trinajstić information content (AvgIpc) is 2.30. The molecule has 4 nitrogen and oxygen atoms in total. The number of hydrogen-bond donors (Lipinski definition) is 2. The van der Waals surface area contributed by atoms with Crippen molar-refractivity contribution in [1.29, 1.82) is 0 Å². The molecule has 94 valence electrons. The molecule has 2 N–H and O–H groups in total. The number of rotatable bonds is 5. The third-order valence-corrected chi connectivity index (χ3v) is 3.52. The molecule has 0 aromatic heterocycles. The summed E-state index contributed by atoms with van der Waals surface area (Å²) in [6.07, 6.45) is 5.82. The van der Waals surface area contributed by atoms with Crippen LogP contribution in [0, 0.1) is 5.41 Å². The zero-order valence-corrected chi connectivity index (χ0v) is 10.5. The molecule has 1 aliphatic rings. The minimum absolute atomic E-state index is 0.0187. The first-order chi connectivity index (χ1) is 7.59. The van der Waals surface area contributed by atoms with Gasteiger partial charge in [0.25, 0.3) is 0 Å². The maximum atomic E-state index is 11.4. The maximum absolute atomic E-state index is 11.4. The predicted octanol–water partition coefficient (Wildman–Crippen LogP) is 0.607. The molecule has 1 fully saturated rings. The third kappa shape index (κ3) is 3.76. The van der Waals surface area contributed by atoms with Gasteiger partial charge in [0.2, 0.25) is 5.91 Å². The number of carbonyl (C=O) groups is 1. The first kappa shape index (κ1) is 13.5. The number of nitrogens with zero attached hydrogens (tertiary/aromatic N) is 1. The van der Waals surface area contributed by atoms with Crippen molar-refractivity contribution in [3.05, 3.63) is 0 Å². The molecule has 0 heterocycles. The van der Waals surface area contributed by atoms with Crippen LogP contribution in [0.3, 0.4) is 0 Å². The van der Waals surface area contributed by atoms with Gasteiger partial charge < -0.3 is 15.3 Å². The zero-order valence-electron chi connectivity index (χ0n) is 10.5. The van der Waals surface area contributed by atoms with Crippen LogP contribution in [-0.2, 0) is 4.79 Å². The highest BCUT2D eigenvalue weighted by Gasteiger charge is 2.30. The topological polar surface area (TPSA) is 52.6 Å². The van der Waals surface area contributed by atoms with Crippen molar-refractivity contribution in [3.8, 4) is 0 Å². The molecule has 4 heteroatoms. The highest BCUT2D eigenvalue weighted by Crippen LogP contribution is 2.35. The molecule has 0 aromatic rings. The van der Waals surface area contributed by atoms with Gasteiger partial charge in [0.1, 0.15) is 0 Å². The summed E-state index contributed by atoms with van der Waals surface area (Å²) in [5, 5.41) is 12.7. The Morgan fingerprint density at radius 3 is 2.44 bits per heavy atom. The summed E-state index contributed by atoms with van der Waals surface area (Å²) in [6.45, 7) is 1.36. The van der Waals surface area contributed by atoms with E-state index in [0.29, 0.717) is 6.54 Å². The van der Waals surface area contributed by atoms with E-state index in [1.165, 1.54) is 19.3 Å². The van der Waals surface area contributed by atoms with Crippen molar-refractivity contribution in [2.75, 3.05) is 33.8 Å². The summed E-state index contributed by atoms with van der Waals surface area (Å²) in [6, 6.07) is 0.